The summed E-state index contributed by atoms with van der Waals surface area (Å²) in [6, 6.07) is 7.43. The second-order valence-electron chi connectivity index (χ2n) is 6.96. The Hall–Kier alpha value is -2.08. The third kappa shape index (κ3) is 5.74. The number of carboxylic acid groups (broad SMARTS) is 1. The van der Waals surface area contributed by atoms with Crippen LogP contribution >= 0.6 is 0 Å². The van der Waals surface area contributed by atoms with E-state index < -0.39 is 11.9 Å². The van der Waals surface area contributed by atoms with Gasteiger partial charge >= 0.3 is 5.97 Å². The van der Waals surface area contributed by atoms with Crippen molar-refractivity contribution in [2.24, 2.45) is 11.8 Å². The van der Waals surface area contributed by atoms with Crippen LogP contribution in [0.25, 0.3) is 0 Å². The minimum Gasteiger partial charge on any atom is -0.492 e. The summed E-state index contributed by atoms with van der Waals surface area (Å²) in [5.74, 6) is -0.211. The molecule has 25 heavy (non-hydrogen) atoms. The molecular weight excluding hydrogens is 320 g/mol. The molecule has 1 amide bonds. The molecule has 3 unspecified atom stereocenters. The molecule has 1 aromatic carbocycles. The van der Waals surface area contributed by atoms with E-state index in [-0.39, 0.29) is 17.9 Å². The maximum atomic E-state index is 12.3. The lowest BCUT2D eigenvalue weighted by Crippen LogP contribution is -2.52. The number of carboxylic acids is 1. The Balaban J connectivity index is 1.76. The first-order chi connectivity index (χ1) is 11.9. The summed E-state index contributed by atoms with van der Waals surface area (Å²) in [5, 5.41) is 12.1. The zero-order valence-corrected chi connectivity index (χ0v) is 15.2. The first-order valence-electron chi connectivity index (χ1n) is 8.81. The number of aryl methyl sites for hydroxylation is 1. The number of aliphatic carboxylic acids is 1. The minimum absolute atomic E-state index is 0.0916. The van der Waals surface area contributed by atoms with Crippen molar-refractivity contribution >= 4 is 11.9 Å². The zero-order valence-electron chi connectivity index (χ0n) is 15.2. The Labute approximate surface area is 149 Å². The Bertz CT molecular complexity index is 605. The standard InChI is InChI=1S/C19H28N2O4/c1-13-5-4-6-17(10-13)25-8-7-20-18(22)15(3)21-11-14(2)9-16(12-21)19(23)24/h4-6,10,14-16H,7-9,11-12H2,1-3H3,(H,20,22)(H,23,24). The molecular formula is C19H28N2O4. The number of nitrogens with one attached hydrogen (secondary N) is 1. The van der Waals surface area contributed by atoms with Gasteiger partial charge in [-0.05, 0) is 43.9 Å². The fourth-order valence-electron chi connectivity index (χ4n) is 3.25. The summed E-state index contributed by atoms with van der Waals surface area (Å²) in [6.45, 7) is 7.85. The Kier molecular flexibility index (Phi) is 6.82. The molecule has 1 aliphatic rings. The zero-order chi connectivity index (χ0) is 18.4. The number of rotatable bonds is 7. The van der Waals surface area contributed by atoms with Crippen LogP contribution in [-0.2, 0) is 9.59 Å². The molecule has 0 spiro atoms. The number of benzene rings is 1. The van der Waals surface area contributed by atoms with E-state index in [2.05, 4.69) is 5.32 Å². The molecule has 0 saturated carbocycles. The molecule has 1 saturated heterocycles. The van der Waals surface area contributed by atoms with Gasteiger partial charge in [-0.1, -0.05) is 19.1 Å². The van der Waals surface area contributed by atoms with E-state index in [0.29, 0.717) is 26.1 Å². The van der Waals surface area contributed by atoms with Crippen LogP contribution in [0.3, 0.4) is 0 Å². The Morgan fingerprint density at radius 2 is 2.16 bits per heavy atom. The molecule has 0 aliphatic carbocycles. The second kappa shape index (κ2) is 8.85. The summed E-state index contributed by atoms with van der Waals surface area (Å²) in [6.07, 6.45) is 0.671. The van der Waals surface area contributed by atoms with Crippen molar-refractivity contribution < 1.29 is 19.4 Å². The highest BCUT2D eigenvalue weighted by molar-refractivity contribution is 5.81. The van der Waals surface area contributed by atoms with E-state index in [4.69, 9.17) is 4.74 Å². The summed E-state index contributed by atoms with van der Waals surface area (Å²) >= 11 is 0. The van der Waals surface area contributed by atoms with Crippen LogP contribution in [0.1, 0.15) is 25.8 Å². The van der Waals surface area contributed by atoms with Crippen molar-refractivity contribution in [1.82, 2.24) is 10.2 Å². The SMILES string of the molecule is Cc1cccc(OCCNC(=O)C(C)N2CC(C)CC(C(=O)O)C2)c1. The highest BCUT2D eigenvalue weighted by Crippen LogP contribution is 2.23. The molecule has 0 radical (unpaired) electrons. The molecule has 1 aromatic rings. The van der Waals surface area contributed by atoms with Crippen molar-refractivity contribution in [1.29, 1.82) is 0 Å². The first kappa shape index (κ1) is 19.2. The van der Waals surface area contributed by atoms with Gasteiger partial charge in [-0.25, -0.2) is 0 Å². The van der Waals surface area contributed by atoms with Gasteiger partial charge in [0.2, 0.25) is 5.91 Å². The van der Waals surface area contributed by atoms with Crippen LogP contribution in [0.5, 0.6) is 5.75 Å². The van der Waals surface area contributed by atoms with Gasteiger partial charge in [-0.2, -0.15) is 0 Å². The van der Waals surface area contributed by atoms with Gasteiger partial charge in [-0.15, -0.1) is 0 Å². The molecule has 1 fully saturated rings. The second-order valence-corrected chi connectivity index (χ2v) is 6.96. The molecule has 138 valence electrons. The monoisotopic (exact) mass is 348 g/mol. The largest absolute Gasteiger partial charge is 0.492 e. The number of likely N-dealkylation sites (tertiary alicyclic amines) is 1. The number of carbonyl (C=O) groups excluding carboxylic acids is 1. The van der Waals surface area contributed by atoms with Crippen LogP contribution < -0.4 is 10.1 Å². The van der Waals surface area contributed by atoms with Crippen molar-refractivity contribution in [3.05, 3.63) is 29.8 Å². The van der Waals surface area contributed by atoms with Crippen LogP contribution in [-0.4, -0.2) is 54.2 Å². The van der Waals surface area contributed by atoms with Crippen LogP contribution in [0.15, 0.2) is 24.3 Å². The number of piperidine rings is 1. The molecule has 2 rings (SSSR count). The van der Waals surface area contributed by atoms with Gasteiger partial charge in [0.1, 0.15) is 12.4 Å². The number of carbonyl (C=O) groups is 2. The number of ether oxygens (including phenoxy) is 1. The van der Waals surface area contributed by atoms with Crippen LogP contribution in [0, 0.1) is 18.8 Å². The van der Waals surface area contributed by atoms with E-state index in [1.54, 1.807) is 0 Å². The van der Waals surface area contributed by atoms with Crippen molar-refractivity contribution in [3.63, 3.8) is 0 Å². The molecule has 0 aromatic heterocycles. The predicted octanol–water partition coefficient (Wildman–Crippen LogP) is 1.92. The van der Waals surface area contributed by atoms with E-state index in [1.807, 2.05) is 49.9 Å². The smallest absolute Gasteiger partial charge is 0.307 e. The summed E-state index contributed by atoms with van der Waals surface area (Å²) in [7, 11) is 0. The molecule has 6 heteroatoms. The number of nitrogens with zero attached hydrogens (tertiary/aromatic N) is 1. The molecule has 6 nitrogen and oxygen atoms in total. The van der Waals surface area contributed by atoms with E-state index >= 15 is 0 Å². The lowest BCUT2D eigenvalue weighted by atomic mass is 9.89. The van der Waals surface area contributed by atoms with Gasteiger partial charge in [0, 0.05) is 13.1 Å². The fraction of sp³-hybridized carbons (Fsp3) is 0.579. The number of hydrogen-bond acceptors (Lipinski definition) is 4. The number of hydrogen-bond donors (Lipinski definition) is 2. The van der Waals surface area contributed by atoms with Crippen molar-refractivity contribution in [2.75, 3.05) is 26.2 Å². The van der Waals surface area contributed by atoms with E-state index in [0.717, 1.165) is 17.9 Å². The Morgan fingerprint density at radius 1 is 1.40 bits per heavy atom. The summed E-state index contributed by atoms with van der Waals surface area (Å²) in [5.41, 5.74) is 1.13. The third-order valence-electron chi connectivity index (χ3n) is 4.62. The average molecular weight is 348 g/mol. The molecule has 2 N–H and O–H groups in total. The van der Waals surface area contributed by atoms with Crippen molar-refractivity contribution in [2.45, 2.75) is 33.2 Å². The van der Waals surface area contributed by atoms with Gasteiger partial charge in [0.15, 0.2) is 0 Å². The molecule has 1 aliphatic heterocycles. The van der Waals surface area contributed by atoms with Gasteiger partial charge in [-0.3, -0.25) is 14.5 Å². The van der Waals surface area contributed by atoms with Crippen LogP contribution in [0.2, 0.25) is 0 Å². The topological polar surface area (TPSA) is 78.9 Å². The van der Waals surface area contributed by atoms with Gasteiger partial charge < -0.3 is 15.2 Å². The average Bonchev–Trinajstić information content (AvgIpc) is 2.57. The van der Waals surface area contributed by atoms with Crippen molar-refractivity contribution in [3.8, 4) is 5.75 Å². The van der Waals surface area contributed by atoms with E-state index in [9.17, 15) is 14.7 Å². The summed E-state index contributed by atoms with van der Waals surface area (Å²) < 4.78 is 5.62. The normalized spacial score (nSPS) is 22.2. The first-order valence-corrected chi connectivity index (χ1v) is 8.81. The lowest BCUT2D eigenvalue weighted by molar-refractivity contribution is -0.146. The molecule has 1 heterocycles. The minimum atomic E-state index is -0.782. The quantitative estimate of drug-likeness (QED) is 0.736. The maximum absolute atomic E-state index is 12.3. The number of amides is 1. The molecule has 0 bridgehead atoms. The predicted molar refractivity (Wildman–Crippen MR) is 95.6 cm³/mol. The van der Waals surface area contributed by atoms with Crippen LogP contribution in [0.4, 0.5) is 0 Å². The third-order valence-corrected chi connectivity index (χ3v) is 4.62. The van der Waals surface area contributed by atoms with Gasteiger partial charge in [0.25, 0.3) is 0 Å². The summed E-state index contributed by atoms with van der Waals surface area (Å²) in [4.78, 5) is 25.6. The van der Waals surface area contributed by atoms with E-state index in [1.165, 1.54) is 0 Å². The molecule has 3 atom stereocenters. The lowest BCUT2D eigenvalue weighted by Gasteiger charge is -2.37. The Morgan fingerprint density at radius 3 is 2.84 bits per heavy atom. The fourth-order valence-corrected chi connectivity index (χ4v) is 3.25. The maximum Gasteiger partial charge on any atom is 0.307 e. The van der Waals surface area contributed by atoms with Gasteiger partial charge in [0.05, 0.1) is 18.5 Å². The highest BCUT2D eigenvalue weighted by atomic mass is 16.5. The highest BCUT2D eigenvalue weighted by Gasteiger charge is 2.33.